The fourth-order valence-corrected chi connectivity index (χ4v) is 3.84. The van der Waals surface area contributed by atoms with E-state index >= 15 is 0 Å². The van der Waals surface area contributed by atoms with Gasteiger partial charge in [-0.25, -0.2) is 4.98 Å². The number of hydrogen-bond donors (Lipinski definition) is 1. The largest absolute Gasteiger partial charge is 0.475 e. The van der Waals surface area contributed by atoms with Gasteiger partial charge in [0.2, 0.25) is 5.88 Å². The molecule has 0 aliphatic rings. The highest BCUT2D eigenvalue weighted by molar-refractivity contribution is 6.33. The Morgan fingerprint density at radius 1 is 1.09 bits per heavy atom. The predicted molar refractivity (Wildman–Crippen MR) is 130 cm³/mol. The van der Waals surface area contributed by atoms with Crippen molar-refractivity contribution >= 4 is 34.7 Å². The van der Waals surface area contributed by atoms with Crippen LogP contribution in [0.15, 0.2) is 54.6 Å². The summed E-state index contributed by atoms with van der Waals surface area (Å²) in [6.07, 6.45) is -0.0662. The van der Waals surface area contributed by atoms with E-state index in [1.165, 1.54) is 0 Å². The molecule has 4 aromatic rings. The van der Waals surface area contributed by atoms with E-state index in [1.54, 1.807) is 4.52 Å². The van der Waals surface area contributed by atoms with Crippen LogP contribution in [0.1, 0.15) is 13.8 Å². The molecule has 0 unspecified atom stereocenters. The third kappa shape index (κ3) is 4.39. The number of anilines is 1. The molecule has 6 nitrogen and oxygen atoms in total. The van der Waals surface area contributed by atoms with Crippen molar-refractivity contribution in [3.63, 3.8) is 0 Å². The first-order valence-corrected chi connectivity index (χ1v) is 11.1. The molecule has 0 saturated heterocycles. The predicted octanol–water partition coefficient (Wildman–Crippen LogP) is 5.59. The van der Waals surface area contributed by atoms with Crippen molar-refractivity contribution in [2.24, 2.45) is 0 Å². The molecule has 0 aliphatic carbocycles. The number of fused-ring (bicyclic) bond motifs is 1. The molecular weight excluding hydrogens is 447 g/mol. The van der Waals surface area contributed by atoms with Crippen LogP contribution in [-0.2, 0) is 0 Å². The standard InChI is InChI=1S/C24H24Cl2N4O2/c1-15(2)32-21-14-20(29(3)12-13-31)27-24-22(16-8-10-17(25)11-9-16)23(28-30(21)24)18-6-4-5-7-19(18)26/h4-11,14-15,31H,12-13H2,1-3H3. The Morgan fingerprint density at radius 3 is 2.47 bits per heavy atom. The molecule has 0 fully saturated rings. The average Bonchev–Trinajstić information content (AvgIpc) is 3.14. The van der Waals surface area contributed by atoms with Crippen LogP contribution in [0.2, 0.25) is 10.0 Å². The molecule has 0 aliphatic heterocycles. The van der Waals surface area contributed by atoms with E-state index in [4.69, 9.17) is 38.0 Å². The van der Waals surface area contributed by atoms with Crippen molar-refractivity contribution < 1.29 is 9.84 Å². The number of hydrogen-bond acceptors (Lipinski definition) is 5. The summed E-state index contributed by atoms with van der Waals surface area (Å²) < 4.78 is 7.81. The summed E-state index contributed by atoms with van der Waals surface area (Å²) in [6.45, 7) is 4.37. The molecule has 0 spiro atoms. The number of aromatic nitrogens is 3. The van der Waals surface area contributed by atoms with E-state index in [9.17, 15) is 5.11 Å². The summed E-state index contributed by atoms with van der Waals surface area (Å²) in [5, 5.41) is 15.5. The maximum absolute atomic E-state index is 9.42. The van der Waals surface area contributed by atoms with Crippen molar-refractivity contribution in [3.8, 4) is 28.3 Å². The summed E-state index contributed by atoms with van der Waals surface area (Å²) >= 11 is 12.7. The van der Waals surface area contributed by atoms with Gasteiger partial charge in [0.05, 0.1) is 23.3 Å². The first kappa shape index (κ1) is 22.4. The SMILES string of the molecule is CC(C)Oc1cc(N(C)CCO)nc2c(-c3ccc(Cl)cc3)c(-c3ccccc3Cl)nn12. The lowest BCUT2D eigenvalue weighted by Crippen LogP contribution is -2.23. The molecule has 166 valence electrons. The topological polar surface area (TPSA) is 62.9 Å². The van der Waals surface area contributed by atoms with Gasteiger partial charge in [-0.3, -0.25) is 0 Å². The molecule has 2 heterocycles. The fraction of sp³-hybridized carbons (Fsp3) is 0.250. The number of aliphatic hydroxyl groups excluding tert-OH is 1. The smallest absolute Gasteiger partial charge is 0.220 e. The van der Waals surface area contributed by atoms with Crippen molar-refractivity contribution in [1.29, 1.82) is 0 Å². The number of ether oxygens (including phenoxy) is 1. The third-order valence-corrected chi connectivity index (χ3v) is 5.57. The lowest BCUT2D eigenvalue weighted by molar-refractivity contribution is 0.226. The number of likely N-dealkylation sites (N-methyl/N-ethyl adjacent to an activating group) is 1. The maximum Gasteiger partial charge on any atom is 0.220 e. The van der Waals surface area contributed by atoms with Crippen molar-refractivity contribution in [2.75, 3.05) is 25.1 Å². The van der Waals surface area contributed by atoms with Crippen molar-refractivity contribution in [1.82, 2.24) is 14.6 Å². The maximum atomic E-state index is 9.42. The lowest BCUT2D eigenvalue weighted by Gasteiger charge is -2.19. The second-order valence-electron chi connectivity index (χ2n) is 7.71. The van der Waals surface area contributed by atoms with Crippen LogP contribution in [0.5, 0.6) is 5.88 Å². The molecule has 32 heavy (non-hydrogen) atoms. The molecule has 0 atom stereocenters. The number of benzene rings is 2. The Kier molecular flexibility index (Phi) is 6.55. The molecule has 8 heteroatoms. The Hall–Kier alpha value is -2.80. The van der Waals surface area contributed by atoms with Gasteiger partial charge in [0.1, 0.15) is 11.5 Å². The summed E-state index contributed by atoms with van der Waals surface area (Å²) in [4.78, 5) is 6.77. The average molecular weight is 471 g/mol. The Bertz CT molecular complexity index is 1240. The molecule has 2 aromatic heterocycles. The Balaban J connectivity index is 2.07. The lowest BCUT2D eigenvalue weighted by atomic mass is 10.0. The molecule has 1 N–H and O–H groups in total. The van der Waals surface area contributed by atoms with Crippen LogP contribution >= 0.6 is 23.2 Å². The zero-order valence-corrected chi connectivity index (χ0v) is 19.6. The van der Waals surface area contributed by atoms with Gasteiger partial charge in [0, 0.05) is 30.2 Å². The highest BCUT2D eigenvalue weighted by atomic mass is 35.5. The minimum Gasteiger partial charge on any atom is -0.475 e. The van der Waals surface area contributed by atoms with Crippen molar-refractivity contribution in [3.05, 3.63) is 64.6 Å². The molecule has 4 rings (SSSR count). The van der Waals surface area contributed by atoms with E-state index in [0.717, 1.165) is 16.7 Å². The molecule has 0 radical (unpaired) electrons. The van der Waals surface area contributed by atoms with E-state index < -0.39 is 0 Å². The van der Waals surface area contributed by atoms with Crippen LogP contribution in [0, 0.1) is 0 Å². The minimum absolute atomic E-state index is 0.0118. The van der Waals surface area contributed by atoms with E-state index in [1.807, 2.05) is 80.4 Å². The zero-order chi connectivity index (χ0) is 22.8. The second-order valence-corrected chi connectivity index (χ2v) is 8.55. The normalized spacial score (nSPS) is 11.3. The molecule has 0 saturated carbocycles. The fourth-order valence-electron chi connectivity index (χ4n) is 3.49. The molecular formula is C24H24Cl2N4O2. The highest BCUT2D eigenvalue weighted by Gasteiger charge is 2.23. The minimum atomic E-state index is -0.0662. The van der Waals surface area contributed by atoms with Crippen molar-refractivity contribution in [2.45, 2.75) is 20.0 Å². The number of aliphatic hydroxyl groups is 1. The van der Waals surface area contributed by atoms with E-state index in [0.29, 0.717) is 39.6 Å². The van der Waals surface area contributed by atoms with Gasteiger partial charge < -0.3 is 14.7 Å². The van der Waals surface area contributed by atoms with Gasteiger partial charge in [-0.15, -0.1) is 0 Å². The molecule has 0 bridgehead atoms. The van der Waals surface area contributed by atoms with Gasteiger partial charge in [0.25, 0.3) is 0 Å². The van der Waals surface area contributed by atoms with Gasteiger partial charge in [-0.1, -0.05) is 53.5 Å². The van der Waals surface area contributed by atoms with Crippen LogP contribution < -0.4 is 9.64 Å². The summed E-state index contributed by atoms with van der Waals surface area (Å²) in [5.41, 5.74) is 3.85. The first-order valence-electron chi connectivity index (χ1n) is 10.3. The number of halogens is 2. The highest BCUT2D eigenvalue weighted by Crippen LogP contribution is 2.39. The van der Waals surface area contributed by atoms with Gasteiger partial charge in [0.15, 0.2) is 5.65 Å². The van der Waals surface area contributed by atoms with Crippen LogP contribution in [0.25, 0.3) is 28.0 Å². The summed E-state index contributed by atoms with van der Waals surface area (Å²) in [7, 11) is 1.88. The van der Waals surface area contributed by atoms with Crippen LogP contribution in [0.4, 0.5) is 5.82 Å². The first-order chi connectivity index (χ1) is 15.4. The Morgan fingerprint density at radius 2 is 1.81 bits per heavy atom. The van der Waals surface area contributed by atoms with E-state index in [-0.39, 0.29) is 12.7 Å². The third-order valence-electron chi connectivity index (χ3n) is 4.99. The summed E-state index contributed by atoms with van der Waals surface area (Å²) in [5.74, 6) is 1.22. The molecule has 0 amide bonds. The molecule has 2 aromatic carbocycles. The quantitative estimate of drug-likeness (QED) is 0.381. The summed E-state index contributed by atoms with van der Waals surface area (Å²) in [6, 6.07) is 17.0. The van der Waals surface area contributed by atoms with Gasteiger partial charge in [-0.2, -0.15) is 9.61 Å². The number of rotatable bonds is 7. The van der Waals surface area contributed by atoms with Crippen LogP contribution in [0.3, 0.4) is 0 Å². The van der Waals surface area contributed by atoms with E-state index in [2.05, 4.69) is 0 Å². The van der Waals surface area contributed by atoms with Crippen LogP contribution in [-0.4, -0.2) is 46.0 Å². The second kappa shape index (κ2) is 9.36. The monoisotopic (exact) mass is 470 g/mol. The van der Waals surface area contributed by atoms with Gasteiger partial charge >= 0.3 is 0 Å². The Labute approximate surface area is 197 Å². The number of nitrogens with zero attached hydrogens (tertiary/aromatic N) is 4. The zero-order valence-electron chi connectivity index (χ0n) is 18.1. The van der Waals surface area contributed by atoms with Gasteiger partial charge in [-0.05, 0) is 37.6 Å².